The molecule has 0 saturated heterocycles. The summed E-state index contributed by atoms with van der Waals surface area (Å²) < 4.78 is 7.21. The van der Waals surface area contributed by atoms with Gasteiger partial charge >= 0.3 is 0 Å². The van der Waals surface area contributed by atoms with E-state index >= 15 is 0 Å². The Labute approximate surface area is 146 Å². The van der Waals surface area contributed by atoms with Gasteiger partial charge in [0.2, 0.25) is 11.7 Å². The lowest BCUT2D eigenvalue weighted by Gasteiger charge is -2.07. The summed E-state index contributed by atoms with van der Waals surface area (Å²) in [5.74, 6) is 0.918. The molecule has 0 saturated carbocycles. The van der Waals surface area contributed by atoms with E-state index in [0.29, 0.717) is 18.3 Å². The second kappa shape index (κ2) is 7.79. The van der Waals surface area contributed by atoms with Crippen LogP contribution >= 0.6 is 0 Å². The Morgan fingerprint density at radius 2 is 2.04 bits per heavy atom. The second-order valence-electron chi connectivity index (χ2n) is 6.01. The Hall–Kier alpha value is -2.89. The van der Waals surface area contributed by atoms with Crippen molar-refractivity contribution in [1.29, 1.82) is 0 Å². The zero-order valence-corrected chi connectivity index (χ0v) is 14.5. The van der Waals surface area contributed by atoms with Crippen LogP contribution in [0.1, 0.15) is 25.3 Å². The number of hydrogen-bond donors (Lipinski definition) is 1. The molecule has 0 spiro atoms. The average Bonchev–Trinajstić information content (AvgIpc) is 3.25. The largest absolute Gasteiger partial charge is 0.355 e. The SMILES string of the molecule is CCCCNC(=O)Cn1cccc1-c1nc(-c2ccc(C)cc2)no1. The van der Waals surface area contributed by atoms with Gasteiger partial charge < -0.3 is 14.4 Å². The topological polar surface area (TPSA) is 73.0 Å². The van der Waals surface area contributed by atoms with Crippen molar-refractivity contribution in [3.05, 3.63) is 48.2 Å². The lowest BCUT2D eigenvalue weighted by Crippen LogP contribution is -2.28. The van der Waals surface area contributed by atoms with Crippen LogP contribution in [0.3, 0.4) is 0 Å². The minimum atomic E-state index is -0.0239. The van der Waals surface area contributed by atoms with E-state index in [-0.39, 0.29) is 12.5 Å². The van der Waals surface area contributed by atoms with E-state index in [2.05, 4.69) is 22.4 Å². The summed E-state index contributed by atoms with van der Waals surface area (Å²) in [6.07, 6.45) is 3.87. The molecule has 130 valence electrons. The van der Waals surface area contributed by atoms with Crippen molar-refractivity contribution in [2.45, 2.75) is 33.2 Å². The highest BCUT2D eigenvalue weighted by Crippen LogP contribution is 2.23. The zero-order valence-electron chi connectivity index (χ0n) is 14.5. The number of unbranched alkanes of at least 4 members (excludes halogenated alkanes) is 1. The number of aryl methyl sites for hydroxylation is 1. The molecule has 1 aromatic carbocycles. The Balaban J connectivity index is 1.74. The third kappa shape index (κ3) is 4.15. The molecule has 3 aromatic rings. The highest BCUT2D eigenvalue weighted by molar-refractivity contribution is 5.76. The van der Waals surface area contributed by atoms with Gasteiger partial charge in [-0.25, -0.2) is 0 Å². The van der Waals surface area contributed by atoms with Crippen LogP contribution in [0.15, 0.2) is 47.1 Å². The lowest BCUT2D eigenvalue weighted by molar-refractivity contribution is -0.121. The predicted molar refractivity (Wildman–Crippen MR) is 95.8 cm³/mol. The lowest BCUT2D eigenvalue weighted by atomic mass is 10.1. The van der Waals surface area contributed by atoms with Crippen LogP contribution in [0.5, 0.6) is 0 Å². The molecule has 0 bridgehead atoms. The fourth-order valence-corrected chi connectivity index (χ4v) is 2.51. The summed E-state index contributed by atoms with van der Waals surface area (Å²) in [4.78, 5) is 16.5. The predicted octanol–water partition coefficient (Wildman–Crippen LogP) is 3.43. The van der Waals surface area contributed by atoms with Gasteiger partial charge in [-0.3, -0.25) is 4.79 Å². The van der Waals surface area contributed by atoms with Crippen LogP contribution < -0.4 is 5.32 Å². The van der Waals surface area contributed by atoms with Crippen molar-refractivity contribution in [2.75, 3.05) is 6.54 Å². The first kappa shape index (κ1) is 17.0. The molecular weight excluding hydrogens is 316 g/mol. The van der Waals surface area contributed by atoms with Gasteiger partial charge in [-0.1, -0.05) is 48.3 Å². The summed E-state index contributed by atoms with van der Waals surface area (Å²) in [5, 5.41) is 6.96. The molecule has 1 amide bonds. The molecule has 0 aliphatic heterocycles. The normalized spacial score (nSPS) is 10.8. The van der Waals surface area contributed by atoms with Crippen molar-refractivity contribution < 1.29 is 9.32 Å². The number of rotatable bonds is 7. The summed E-state index contributed by atoms with van der Waals surface area (Å²) in [6.45, 7) is 5.06. The molecule has 6 nitrogen and oxygen atoms in total. The van der Waals surface area contributed by atoms with Crippen LogP contribution in [-0.4, -0.2) is 27.2 Å². The Kier molecular flexibility index (Phi) is 5.28. The minimum Gasteiger partial charge on any atom is -0.355 e. The van der Waals surface area contributed by atoms with Gasteiger partial charge in [0.15, 0.2) is 0 Å². The number of amides is 1. The van der Waals surface area contributed by atoms with E-state index in [1.165, 1.54) is 5.56 Å². The molecule has 0 aliphatic rings. The Bertz CT molecular complexity index is 833. The fourth-order valence-electron chi connectivity index (χ4n) is 2.51. The molecule has 0 fully saturated rings. The maximum absolute atomic E-state index is 12.0. The first-order chi connectivity index (χ1) is 12.2. The fraction of sp³-hybridized carbons (Fsp3) is 0.316. The van der Waals surface area contributed by atoms with Gasteiger partial charge in [-0.2, -0.15) is 4.98 Å². The van der Waals surface area contributed by atoms with Crippen molar-refractivity contribution in [2.24, 2.45) is 0 Å². The van der Waals surface area contributed by atoms with Gasteiger partial charge in [0, 0.05) is 18.3 Å². The van der Waals surface area contributed by atoms with Crippen LogP contribution in [0.25, 0.3) is 23.0 Å². The molecule has 0 unspecified atom stereocenters. The smallest absolute Gasteiger partial charge is 0.274 e. The van der Waals surface area contributed by atoms with E-state index < -0.39 is 0 Å². The van der Waals surface area contributed by atoms with Crippen LogP contribution in [0.4, 0.5) is 0 Å². The van der Waals surface area contributed by atoms with Crippen molar-refractivity contribution in [3.63, 3.8) is 0 Å². The second-order valence-corrected chi connectivity index (χ2v) is 6.01. The van der Waals surface area contributed by atoms with E-state index in [0.717, 1.165) is 24.1 Å². The van der Waals surface area contributed by atoms with Gasteiger partial charge in [0.05, 0.1) is 0 Å². The number of carbonyl (C=O) groups is 1. The van der Waals surface area contributed by atoms with Crippen LogP contribution in [0, 0.1) is 6.92 Å². The summed E-state index contributed by atoms with van der Waals surface area (Å²) >= 11 is 0. The molecule has 6 heteroatoms. The van der Waals surface area contributed by atoms with Crippen molar-refractivity contribution in [1.82, 2.24) is 20.0 Å². The summed E-state index contributed by atoms with van der Waals surface area (Å²) in [5.41, 5.74) is 2.81. The number of aromatic nitrogens is 3. The minimum absolute atomic E-state index is 0.0239. The Morgan fingerprint density at radius 1 is 1.24 bits per heavy atom. The van der Waals surface area contributed by atoms with Gasteiger partial charge in [-0.05, 0) is 25.5 Å². The molecule has 2 heterocycles. The quantitative estimate of drug-likeness (QED) is 0.670. The zero-order chi connectivity index (χ0) is 17.6. The molecule has 25 heavy (non-hydrogen) atoms. The van der Waals surface area contributed by atoms with E-state index in [9.17, 15) is 4.79 Å². The molecule has 0 radical (unpaired) electrons. The maximum atomic E-state index is 12.0. The first-order valence-electron chi connectivity index (χ1n) is 8.50. The molecular formula is C19H22N4O2. The maximum Gasteiger partial charge on any atom is 0.274 e. The number of nitrogens with one attached hydrogen (secondary N) is 1. The summed E-state index contributed by atoms with van der Waals surface area (Å²) in [7, 11) is 0. The molecule has 1 N–H and O–H groups in total. The molecule has 2 aromatic heterocycles. The molecule has 0 aliphatic carbocycles. The summed E-state index contributed by atoms with van der Waals surface area (Å²) in [6, 6.07) is 11.7. The van der Waals surface area contributed by atoms with E-state index in [1.807, 2.05) is 54.1 Å². The Morgan fingerprint density at radius 3 is 2.80 bits per heavy atom. The van der Waals surface area contributed by atoms with E-state index in [1.54, 1.807) is 0 Å². The van der Waals surface area contributed by atoms with Gasteiger partial charge in [-0.15, -0.1) is 0 Å². The van der Waals surface area contributed by atoms with Crippen molar-refractivity contribution in [3.8, 4) is 23.0 Å². The third-order valence-electron chi connectivity index (χ3n) is 3.95. The first-order valence-corrected chi connectivity index (χ1v) is 8.50. The highest BCUT2D eigenvalue weighted by Gasteiger charge is 2.15. The number of hydrogen-bond acceptors (Lipinski definition) is 4. The highest BCUT2D eigenvalue weighted by atomic mass is 16.5. The van der Waals surface area contributed by atoms with Crippen molar-refractivity contribution >= 4 is 5.91 Å². The van der Waals surface area contributed by atoms with Gasteiger partial charge in [0.25, 0.3) is 5.89 Å². The molecule has 0 atom stereocenters. The molecule has 3 rings (SSSR count). The third-order valence-corrected chi connectivity index (χ3v) is 3.95. The average molecular weight is 338 g/mol. The standard InChI is InChI=1S/C19H22N4O2/c1-3-4-11-20-17(24)13-23-12-5-6-16(23)19-21-18(22-25-19)15-9-7-14(2)8-10-15/h5-10,12H,3-4,11,13H2,1-2H3,(H,20,24). The monoisotopic (exact) mass is 338 g/mol. The van der Waals surface area contributed by atoms with Gasteiger partial charge in [0.1, 0.15) is 12.2 Å². The van der Waals surface area contributed by atoms with Crippen LogP contribution in [-0.2, 0) is 11.3 Å². The van der Waals surface area contributed by atoms with E-state index in [4.69, 9.17) is 4.52 Å². The number of nitrogens with zero attached hydrogens (tertiary/aromatic N) is 3. The van der Waals surface area contributed by atoms with Crippen LogP contribution in [0.2, 0.25) is 0 Å². The number of carbonyl (C=O) groups excluding carboxylic acids is 1. The number of benzene rings is 1.